The van der Waals surface area contributed by atoms with E-state index in [0.29, 0.717) is 17.6 Å². The SMILES string of the molecule is NCC1CCC(C(=O)Nc2cc(N)ncn2)CC1. The third-order valence-corrected chi connectivity index (χ3v) is 3.49. The highest BCUT2D eigenvalue weighted by Crippen LogP contribution is 2.28. The second-order valence-electron chi connectivity index (χ2n) is 4.77. The highest BCUT2D eigenvalue weighted by atomic mass is 16.1. The van der Waals surface area contributed by atoms with Crippen LogP contribution < -0.4 is 16.8 Å². The van der Waals surface area contributed by atoms with Gasteiger partial charge in [0.1, 0.15) is 18.0 Å². The number of aromatic nitrogens is 2. The lowest BCUT2D eigenvalue weighted by molar-refractivity contribution is -0.121. The lowest BCUT2D eigenvalue weighted by Crippen LogP contribution is -2.29. The number of carbonyl (C=O) groups excluding carboxylic acids is 1. The van der Waals surface area contributed by atoms with E-state index < -0.39 is 0 Å². The van der Waals surface area contributed by atoms with E-state index in [1.54, 1.807) is 6.07 Å². The fourth-order valence-electron chi connectivity index (χ4n) is 2.33. The molecule has 1 aromatic rings. The summed E-state index contributed by atoms with van der Waals surface area (Å²) >= 11 is 0. The summed E-state index contributed by atoms with van der Waals surface area (Å²) in [4.78, 5) is 19.8. The van der Waals surface area contributed by atoms with Crippen molar-refractivity contribution in [3.05, 3.63) is 12.4 Å². The largest absolute Gasteiger partial charge is 0.384 e. The molecule has 98 valence electrons. The van der Waals surface area contributed by atoms with Crippen molar-refractivity contribution in [2.45, 2.75) is 25.7 Å². The average Bonchev–Trinajstić information content (AvgIpc) is 2.39. The standard InChI is InChI=1S/C12H19N5O/c13-6-8-1-3-9(4-2-8)12(18)17-11-5-10(14)15-7-16-11/h5,7-9H,1-4,6,13H2,(H3,14,15,16,17,18). The number of anilines is 2. The molecule has 0 unspecified atom stereocenters. The van der Waals surface area contributed by atoms with Crippen molar-refractivity contribution in [3.63, 3.8) is 0 Å². The molecular weight excluding hydrogens is 230 g/mol. The summed E-state index contributed by atoms with van der Waals surface area (Å²) in [5.41, 5.74) is 11.2. The minimum absolute atomic E-state index is 0.0172. The molecule has 0 saturated heterocycles. The van der Waals surface area contributed by atoms with E-state index in [2.05, 4.69) is 15.3 Å². The van der Waals surface area contributed by atoms with Gasteiger partial charge >= 0.3 is 0 Å². The first-order chi connectivity index (χ1) is 8.69. The minimum Gasteiger partial charge on any atom is -0.384 e. The number of hydrogen-bond acceptors (Lipinski definition) is 5. The predicted molar refractivity (Wildman–Crippen MR) is 69.6 cm³/mol. The fraction of sp³-hybridized carbons (Fsp3) is 0.583. The molecule has 1 aliphatic carbocycles. The molecule has 1 heterocycles. The van der Waals surface area contributed by atoms with Crippen molar-refractivity contribution in [2.75, 3.05) is 17.6 Å². The van der Waals surface area contributed by atoms with Crippen molar-refractivity contribution >= 4 is 17.5 Å². The van der Waals surface area contributed by atoms with Crippen LogP contribution in [0.3, 0.4) is 0 Å². The number of nitrogens with zero attached hydrogens (tertiary/aromatic N) is 2. The van der Waals surface area contributed by atoms with Crippen molar-refractivity contribution in [2.24, 2.45) is 17.6 Å². The number of nitrogens with one attached hydrogen (secondary N) is 1. The van der Waals surface area contributed by atoms with Gasteiger partial charge in [0.05, 0.1) is 0 Å². The molecule has 1 amide bonds. The Kier molecular flexibility index (Phi) is 4.09. The molecular formula is C12H19N5O. The van der Waals surface area contributed by atoms with E-state index in [4.69, 9.17) is 11.5 Å². The van der Waals surface area contributed by atoms with Gasteiger partial charge in [-0.1, -0.05) is 0 Å². The van der Waals surface area contributed by atoms with Crippen molar-refractivity contribution < 1.29 is 4.79 Å². The molecule has 1 saturated carbocycles. The first kappa shape index (κ1) is 12.8. The first-order valence-corrected chi connectivity index (χ1v) is 6.27. The van der Waals surface area contributed by atoms with Crippen LogP contribution in [0.15, 0.2) is 12.4 Å². The van der Waals surface area contributed by atoms with E-state index in [9.17, 15) is 4.79 Å². The van der Waals surface area contributed by atoms with Crippen LogP contribution in [0, 0.1) is 11.8 Å². The molecule has 0 bridgehead atoms. The van der Waals surface area contributed by atoms with Gasteiger partial charge in [-0.05, 0) is 38.1 Å². The van der Waals surface area contributed by atoms with Crippen LogP contribution in [0.25, 0.3) is 0 Å². The molecule has 1 aliphatic rings. The molecule has 1 aromatic heterocycles. The Bertz CT molecular complexity index is 415. The Morgan fingerprint density at radius 1 is 1.33 bits per heavy atom. The number of amides is 1. The van der Waals surface area contributed by atoms with Crippen LogP contribution in [0.4, 0.5) is 11.6 Å². The molecule has 1 fully saturated rings. The lowest BCUT2D eigenvalue weighted by Gasteiger charge is -2.26. The van der Waals surface area contributed by atoms with Crippen LogP contribution in [-0.4, -0.2) is 22.4 Å². The Morgan fingerprint density at radius 3 is 2.67 bits per heavy atom. The number of carbonyl (C=O) groups is 1. The first-order valence-electron chi connectivity index (χ1n) is 6.27. The van der Waals surface area contributed by atoms with Gasteiger partial charge in [-0.2, -0.15) is 0 Å². The van der Waals surface area contributed by atoms with Crippen molar-refractivity contribution in [1.82, 2.24) is 9.97 Å². The zero-order valence-corrected chi connectivity index (χ0v) is 10.3. The summed E-state index contributed by atoms with van der Waals surface area (Å²) in [7, 11) is 0. The molecule has 18 heavy (non-hydrogen) atoms. The zero-order chi connectivity index (χ0) is 13.0. The van der Waals surface area contributed by atoms with Crippen molar-refractivity contribution in [3.8, 4) is 0 Å². The number of hydrogen-bond donors (Lipinski definition) is 3. The monoisotopic (exact) mass is 249 g/mol. The molecule has 0 atom stereocenters. The number of rotatable bonds is 3. The Hall–Kier alpha value is -1.69. The maximum absolute atomic E-state index is 12.0. The molecule has 6 heteroatoms. The molecule has 0 radical (unpaired) electrons. The van der Waals surface area contributed by atoms with Gasteiger partial charge in [0, 0.05) is 12.0 Å². The molecule has 2 rings (SSSR count). The summed E-state index contributed by atoms with van der Waals surface area (Å²) < 4.78 is 0. The van der Waals surface area contributed by atoms with Gasteiger partial charge in [-0.15, -0.1) is 0 Å². The molecule has 6 nitrogen and oxygen atoms in total. The van der Waals surface area contributed by atoms with Gasteiger partial charge in [0.2, 0.25) is 5.91 Å². The van der Waals surface area contributed by atoms with E-state index in [0.717, 1.165) is 32.2 Å². The maximum atomic E-state index is 12.0. The Morgan fingerprint density at radius 2 is 2.06 bits per heavy atom. The Labute approximate surface area is 106 Å². The fourth-order valence-corrected chi connectivity index (χ4v) is 2.33. The third-order valence-electron chi connectivity index (χ3n) is 3.49. The third kappa shape index (κ3) is 3.16. The van der Waals surface area contributed by atoms with Crippen LogP contribution in [0.1, 0.15) is 25.7 Å². The molecule has 5 N–H and O–H groups in total. The van der Waals surface area contributed by atoms with Crippen LogP contribution in [0.2, 0.25) is 0 Å². The smallest absolute Gasteiger partial charge is 0.228 e. The summed E-state index contributed by atoms with van der Waals surface area (Å²) in [6, 6.07) is 1.56. The number of nitrogens with two attached hydrogens (primary N) is 2. The summed E-state index contributed by atoms with van der Waals surface area (Å²) in [5.74, 6) is 1.47. The van der Waals surface area contributed by atoms with E-state index >= 15 is 0 Å². The van der Waals surface area contributed by atoms with E-state index in [1.807, 2.05) is 0 Å². The zero-order valence-electron chi connectivity index (χ0n) is 10.3. The van der Waals surface area contributed by atoms with Gasteiger partial charge in [-0.25, -0.2) is 9.97 Å². The van der Waals surface area contributed by atoms with E-state index in [-0.39, 0.29) is 11.8 Å². The maximum Gasteiger partial charge on any atom is 0.228 e. The molecule has 0 aliphatic heterocycles. The van der Waals surface area contributed by atoms with E-state index in [1.165, 1.54) is 6.33 Å². The normalized spacial score (nSPS) is 23.6. The van der Waals surface area contributed by atoms with Crippen LogP contribution in [0.5, 0.6) is 0 Å². The molecule has 0 spiro atoms. The van der Waals surface area contributed by atoms with Crippen LogP contribution >= 0.6 is 0 Å². The van der Waals surface area contributed by atoms with Gasteiger partial charge in [0.15, 0.2) is 0 Å². The second kappa shape index (κ2) is 5.77. The minimum atomic E-state index is 0.0172. The van der Waals surface area contributed by atoms with Gasteiger partial charge in [0.25, 0.3) is 0 Å². The Balaban J connectivity index is 1.89. The average molecular weight is 249 g/mol. The van der Waals surface area contributed by atoms with Gasteiger partial charge in [-0.3, -0.25) is 4.79 Å². The quantitative estimate of drug-likeness (QED) is 0.733. The summed E-state index contributed by atoms with van der Waals surface area (Å²) in [6.45, 7) is 0.719. The highest BCUT2D eigenvalue weighted by molar-refractivity contribution is 5.91. The number of nitrogen functional groups attached to an aromatic ring is 1. The topological polar surface area (TPSA) is 107 Å². The lowest BCUT2D eigenvalue weighted by atomic mass is 9.81. The summed E-state index contributed by atoms with van der Waals surface area (Å²) in [6.07, 6.45) is 5.19. The van der Waals surface area contributed by atoms with Crippen LogP contribution in [-0.2, 0) is 4.79 Å². The summed E-state index contributed by atoms with van der Waals surface area (Å²) in [5, 5.41) is 2.78. The predicted octanol–water partition coefficient (Wildman–Crippen LogP) is 0.762. The second-order valence-corrected chi connectivity index (χ2v) is 4.77. The highest BCUT2D eigenvalue weighted by Gasteiger charge is 2.25. The molecule has 0 aromatic carbocycles. The van der Waals surface area contributed by atoms with Crippen molar-refractivity contribution in [1.29, 1.82) is 0 Å². The van der Waals surface area contributed by atoms with Gasteiger partial charge < -0.3 is 16.8 Å².